The molecule has 0 saturated heterocycles. The topological polar surface area (TPSA) is 3.24 Å². The number of thioether (sulfide) groups is 2. The maximum atomic E-state index is 4.64. The predicted molar refractivity (Wildman–Crippen MR) is 118 cm³/mol. The van der Waals surface area contributed by atoms with Crippen molar-refractivity contribution in [3.8, 4) is 11.1 Å². The van der Waals surface area contributed by atoms with Crippen molar-refractivity contribution in [2.24, 2.45) is 5.41 Å². The van der Waals surface area contributed by atoms with Gasteiger partial charge in [-0.05, 0) is 30.2 Å². The Kier molecular flexibility index (Phi) is 3.64. The molecule has 3 heterocycles. The van der Waals surface area contributed by atoms with E-state index in [0.717, 1.165) is 12.8 Å². The van der Waals surface area contributed by atoms with Crippen LogP contribution in [0, 0.1) is 5.41 Å². The van der Waals surface area contributed by atoms with Crippen LogP contribution in [-0.4, -0.2) is 11.6 Å². The van der Waals surface area contributed by atoms with Crippen molar-refractivity contribution in [3.05, 3.63) is 64.4 Å². The van der Waals surface area contributed by atoms with Gasteiger partial charge in [-0.3, -0.25) is 0 Å². The van der Waals surface area contributed by atoms with Gasteiger partial charge in [-0.25, -0.2) is 0 Å². The highest BCUT2D eigenvalue weighted by Crippen LogP contribution is 2.67. The Bertz CT molecular complexity index is 968. The number of benzene rings is 2. The Morgan fingerprint density at radius 3 is 2.35 bits per heavy atom. The van der Waals surface area contributed by atoms with Crippen molar-refractivity contribution >= 4 is 40.5 Å². The second-order valence-corrected chi connectivity index (χ2v) is 9.43. The molecule has 132 valence electrons. The number of anilines is 1. The monoisotopic (exact) mass is 377 g/mol. The molecule has 0 spiro atoms. The Morgan fingerprint density at radius 1 is 1.00 bits per heavy atom. The quantitative estimate of drug-likeness (QED) is 0.563. The molecule has 1 unspecified atom stereocenters. The third-order valence-electron chi connectivity index (χ3n) is 6.48. The van der Waals surface area contributed by atoms with E-state index in [1.54, 1.807) is 0 Å². The molecule has 0 aliphatic carbocycles. The Labute approximate surface area is 164 Å². The van der Waals surface area contributed by atoms with E-state index in [1.165, 1.54) is 43.4 Å². The largest absolute Gasteiger partial charge is 0.325 e. The van der Waals surface area contributed by atoms with Gasteiger partial charge in [-0.2, -0.15) is 0 Å². The van der Waals surface area contributed by atoms with Crippen LogP contribution in [0.1, 0.15) is 37.8 Å². The predicted octanol–water partition coefficient (Wildman–Crippen LogP) is 7.07. The summed E-state index contributed by atoms with van der Waals surface area (Å²) in [6.45, 7) is 9.31. The lowest BCUT2D eigenvalue weighted by Gasteiger charge is -2.51. The number of rotatable bonds is 3. The van der Waals surface area contributed by atoms with E-state index in [1.807, 2.05) is 11.8 Å². The minimum atomic E-state index is 0.116. The Balaban J connectivity index is 1.91. The maximum Gasteiger partial charge on any atom is 0.0948 e. The van der Waals surface area contributed by atoms with E-state index >= 15 is 0 Å². The van der Waals surface area contributed by atoms with Crippen LogP contribution in [0.3, 0.4) is 0 Å². The van der Waals surface area contributed by atoms with Crippen LogP contribution in [0.2, 0.25) is 0 Å². The minimum Gasteiger partial charge on any atom is -0.325 e. The molecule has 1 atom stereocenters. The second kappa shape index (κ2) is 5.71. The zero-order chi connectivity index (χ0) is 18.1. The second-order valence-electron chi connectivity index (χ2n) is 7.27. The molecule has 3 aliphatic rings. The van der Waals surface area contributed by atoms with Crippen LogP contribution in [0.15, 0.2) is 53.3 Å². The van der Waals surface area contributed by atoms with Crippen molar-refractivity contribution in [3.63, 3.8) is 0 Å². The van der Waals surface area contributed by atoms with Gasteiger partial charge in [0.05, 0.1) is 21.0 Å². The van der Waals surface area contributed by atoms with Crippen LogP contribution < -0.4 is 4.90 Å². The highest BCUT2D eigenvalue weighted by molar-refractivity contribution is 8.22. The van der Waals surface area contributed by atoms with Crippen molar-refractivity contribution in [2.75, 3.05) is 11.2 Å². The highest BCUT2D eigenvalue weighted by Gasteiger charge is 2.54. The molecule has 0 radical (unpaired) electrons. The summed E-state index contributed by atoms with van der Waals surface area (Å²) in [5.74, 6) is 0. The van der Waals surface area contributed by atoms with Gasteiger partial charge in [0.15, 0.2) is 0 Å². The molecule has 0 aromatic heterocycles. The molecule has 3 aliphatic heterocycles. The standard InChI is InChI=1S/C23H23NS2/c1-5-23(6-2)14(3)15-12-9-13-17-16-10-7-8-11-18(16)20-21(25-4)26-22(23)24(20)19(15)17/h7-13,22H,3,5-6H2,1-2,4H3. The van der Waals surface area contributed by atoms with Gasteiger partial charge in [0.1, 0.15) is 0 Å². The number of para-hydroxylation sites is 1. The highest BCUT2D eigenvalue weighted by atomic mass is 32.2. The Hall–Kier alpha value is -1.58. The van der Waals surface area contributed by atoms with E-state index in [9.17, 15) is 0 Å². The van der Waals surface area contributed by atoms with Gasteiger partial charge < -0.3 is 4.90 Å². The van der Waals surface area contributed by atoms with E-state index in [4.69, 9.17) is 0 Å². The van der Waals surface area contributed by atoms with Crippen molar-refractivity contribution in [2.45, 2.75) is 32.1 Å². The summed E-state index contributed by atoms with van der Waals surface area (Å²) in [5, 5.41) is 0.407. The van der Waals surface area contributed by atoms with Gasteiger partial charge in [0.2, 0.25) is 0 Å². The SMILES string of the molecule is C=C1c2cccc3c2N2C(=C(SC)SC2C1(CC)CC)c1ccccc1-3. The van der Waals surface area contributed by atoms with Gasteiger partial charge in [-0.15, -0.1) is 11.8 Å². The normalized spacial score (nSPS) is 21.7. The molecule has 3 heteroatoms. The van der Waals surface area contributed by atoms with E-state index < -0.39 is 0 Å². The van der Waals surface area contributed by atoms with E-state index in [2.05, 4.69) is 85.8 Å². The molecule has 1 nitrogen and oxygen atoms in total. The van der Waals surface area contributed by atoms with Gasteiger partial charge in [-0.1, -0.05) is 74.7 Å². The summed E-state index contributed by atoms with van der Waals surface area (Å²) in [6.07, 6.45) is 4.46. The first-order valence-corrected chi connectivity index (χ1v) is 11.4. The number of nitrogens with zero attached hydrogens (tertiary/aromatic N) is 1. The molecule has 0 amide bonds. The van der Waals surface area contributed by atoms with Crippen LogP contribution >= 0.6 is 23.5 Å². The molecule has 26 heavy (non-hydrogen) atoms. The fourth-order valence-corrected chi connectivity index (χ4v) is 7.63. The van der Waals surface area contributed by atoms with Gasteiger partial charge in [0, 0.05) is 22.1 Å². The van der Waals surface area contributed by atoms with Crippen LogP contribution in [-0.2, 0) is 0 Å². The fourth-order valence-electron chi connectivity index (χ4n) is 5.03. The summed E-state index contributed by atoms with van der Waals surface area (Å²) >= 11 is 3.95. The number of hydrogen-bond donors (Lipinski definition) is 0. The summed E-state index contributed by atoms with van der Waals surface area (Å²) in [5.41, 5.74) is 9.68. The smallest absolute Gasteiger partial charge is 0.0948 e. The third kappa shape index (κ3) is 1.81. The first kappa shape index (κ1) is 16.6. The molecule has 2 aromatic carbocycles. The molecule has 0 fully saturated rings. The van der Waals surface area contributed by atoms with Crippen molar-refractivity contribution in [1.29, 1.82) is 0 Å². The summed E-state index contributed by atoms with van der Waals surface area (Å²) < 4.78 is 1.45. The van der Waals surface area contributed by atoms with Crippen molar-refractivity contribution in [1.82, 2.24) is 0 Å². The number of fused-ring (bicyclic) bond motifs is 3. The molecule has 0 bridgehead atoms. The molecule has 0 N–H and O–H groups in total. The average molecular weight is 378 g/mol. The number of hydrogen-bond acceptors (Lipinski definition) is 3. The fraction of sp³-hybridized carbons (Fsp3) is 0.304. The van der Waals surface area contributed by atoms with Crippen LogP contribution in [0.5, 0.6) is 0 Å². The molecule has 0 saturated carbocycles. The maximum absolute atomic E-state index is 4.64. The third-order valence-corrected chi connectivity index (χ3v) is 9.13. The molecular formula is C23H23NS2. The average Bonchev–Trinajstić information content (AvgIpc) is 3.09. The molecule has 5 rings (SSSR count). The first-order valence-electron chi connectivity index (χ1n) is 9.34. The zero-order valence-electron chi connectivity index (χ0n) is 15.5. The minimum absolute atomic E-state index is 0.116. The first-order chi connectivity index (χ1) is 12.7. The lowest BCUT2D eigenvalue weighted by molar-refractivity contribution is 0.354. The van der Waals surface area contributed by atoms with Crippen molar-refractivity contribution < 1.29 is 0 Å². The van der Waals surface area contributed by atoms with Gasteiger partial charge in [0.25, 0.3) is 0 Å². The molecule has 2 aromatic rings. The zero-order valence-corrected chi connectivity index (χ0v) is 17.1. The lowest BCUT2D eigenvalue weighted by Crippen LogP contribution is -2.47. The summed E-state index contributed by atoms with van der Waals surface area (Å²) in [7, 11) is 0. The van der Waals surface area contributed by atoms with Gasteiger partial charge >= 0.3 is 0 Å². The van der Waals surface area contributed by atoms with E-state index in [0.29, 0.717) is 5.37 Å². The summed E-state index contributed by atoms with van der Waals surface area (Å²) in [4.78, 5) is 2.66. The lowest BCUT2D eigenvalue weighted by atomic mass is 9.68. The van der Waals surface area contributed by atoms with E-state index in [-0.39, 0.29) is 5.41 Å². The van der Waals surface area contributed by atoms with Crippen LogP contribution in [0.4, 0.5) is 5.69 Å². The molecular weight excluding hydrogens is 354 g/mol. The summed E-state index contributed by atoms with van der Waals surface area (Å²) in [6, 6.07) is 15.7. The Morgan fingerprint density at radius 2 is 1.65 bits per heavy atom. The van der Waals surface area contributed by atoms with Crippen LogP contribution in [0.25, 0.3) is 22.4 Å².